The molecule has 1 fully saturated rings. The first-order valence-corrected chi connectivity index (χ1v) is 2.60. The maximum absolute atomic E-state index is 5.52. The maximum atomic E-state index is 5.52. The van der Waals surface area contributed by atoms with Gasteiger partial charge in [-0.25, -0.2) is 0 Å². The quantitative estimate of drug-likeness (QED) is 0.419. The van der Waals surface area contributed by atoms with Crippen molar-refractivity contribution in [2.24, 2.45) is 11.5 Å². The van der Waals surface area contributed by atoms with Crippen LogP contribution in [0.1, 0.15) is 19.3 Å². The summed E-state index contributed by atoms with van der Waals surface area (Å²) in [5, 5.41) is 0. The number of hydrogen-bond acceptors (Lipinski definition) is 2. The molecule has 0 atom stereocenters. The molecule has 41 valence electrons. The molecular weight excluding hydrogens is 88.1 g/mol. The fourth-order valence-corrected chi connectivity index (χ4v) is 0.844. The van der Waals surface area contributed by atoms with Gasteiger partial charge in [0.1, 0.15) is 0 Å². The average molecular weight is 99.2 g/mol. The minimum absolute atomic E-state index is 0.361. The highest BCUT2D eigenvalue weighted by Gasteiger charge is 2.23. The molecule has 2 nitrogen and oxygen atoms in total. The molecule has 1 rings (SSSR count). The van der Waals surface area contributed by atoms with Crippen molar-refractivity contribution in [3.8, 4) is 0 Å². The molecule has 0 amide bonds. The average Bonchev–Trinajstić information content (AvgIpc) is 1.84. The smallest absolute Gasteiger partial charge is 0.0639 e. The second-order valence-electron chi connectivity index (χ2n) is 2.26. The van der Waals surface area contributed by atoms with Crippen LogP contribution in [0.4, 0.5) is 0 Å². The summed E-state index contributed by atoms with van der Waals surface area (Å²) in [6.07, 6.45) is 5.06. The standard InChI is InChI=1S/C5H11N2/c6-5(7)3-1-2-4-5/h1H,2-4,6-7H2. The van der Waals surface area contributed by atoms with E-state index in [4.69, 9.17) is 11.5 Å². The molecule has 2 heteroatoms. The largest absolute Gasteiger partial charge is 0.313 e. The lowest BCUT2D eigenvalue weighted by Gasteiger charge is -2.14. The Labute approximate surface area is 43.9 Å². The van der Waals surface area contributed by atoms with E-state index in [2.05, 4.69) is 6.42 Å². The van der Waals surface area contributed by atoms with Crippen molar-refractivity contribution in [1.82, 2.24) is 0 Å². The molecule has 0 aromatic carbocycles. The van der Waals surface area contributed by atoms with Gasteiger partial charge in [0.05, 0.1) is 5.66 Å². The SMILES string of the molecule is NC1(N)C[CH]CC1. The van der Waals surface area contributed by atoms with Gasteiger partial charge < -0.3 is 11.5 Å². The van der Waals surface area contributed by atoms with Crippen molar-refractivity contribution in [2.45, 2.75) is 24.9 Å². The molecule has 1 aliphatic rings. The summed E-state index contributed by atoms with van der Waals surface area (Å²) in [7, 11) is 0. The molecule has 0 bridgehead atoms. The highest BCUT2D eigenvalue weighted by atomic mass is 15.0. The third-order valence-corrected chi connectivity index (χ3v) is 1.34. The third kappa shape index (κ3) is 1.14. The summed E-state index contributed by atoms with van der Waals surface area (Å²) in [5.41, 5.74) is 10.7. The Kier molecular flexibility index (Phi) is 1.05. The van der Waals surface area contributed by atoms with E-state index in [0.29, 0.717) is 0 Å². The normalized spacial score (nSPS) is 28.3. The van der Waals surface area contributed by atoms with E-state index in [9.17, 15) is 0 Å². The summed E-state index contributed by atoms with van der Waals surface area (Å²) < 4.78 is 0. The molecule has 0 spiro atoms. The van der Waals surface area contributed by atoms with Crippen molar-refractivity contribution in [3.63, 3.8) is 0 Å². The topological polar surface area (TPSA) is 52.0 Å². The number of rotatable bonds is 0. The summed E-state index contributed by atoms with van der Waals surface area (Å²) in [5.74, 6) is 0. The second kappa shape index (κ2) is 1.46. The van der Waals surface area contributed by atoms with Crippen molar-refractivity contribution in [3.05, 3.63) is 6.42 Å². The van der Waals surface area contributed by atoms with E-state index in [1.54, 1.807) is 0 Å². The lowest BCUT2D eigenvalue weighted by molar-refractivity contribution is 0.465. The molecule has 1 radical (unpaired) electrons. The first kappa shape index (κ1) is 5.06. The Bertz CT molecular complexity index is 60.5. The van der Waals surface area contributed by atoms with Crippen LogP contribution in [0.15, 0.2) is 0 Å². The van der Waals surface area contributed by atoms with Gasteiger partial charge in [-0.1, -0.05) is 0 Å². The molecule has 1 saturated carbocycles. The van der Waals surface area contributed by atoms with Gasteiger partial charge in [0.2, 0.25) is 0 Å². The van der Waals surface area contributed by atoms with E-state index < -0.39 is 0 Å². The number of nitrogens with two attached hydrogens (primary N) is 2. The van der Waals surface area contributed by atoms with Crippen molar-refractivity contribution in [1.29, 1.82) is 0 Å². The summed E-state index contributed by atoms with van der Waals surface area (Å²) in [6.45, 7) is 0. The van der Waals surface area contributed by atoms with Crippen LogP contribution in [0.5, 0.6) is 0 Å². The molecule has 0 aliphatic heterocycles. The van der Waals surface area contributed by atoms with E-state index >= 15 is 0 Å². The Morgan fingerprint density at radius 1 is 1.43 bits per heavy atom. The predicted molar refractivity (Wildman–Crippen MR) is 29.3 cm³/mol. The Morgan fingerprint density at radius 2 is 2.14 bits per heavy atom. The minimum Gasteiger partial charge on any atom is -0.313 e. The highest BCUT2D eigenvalue weighted by molar-refractivity contribution is 4.92. The van der Waals surface area contributed by atoms with E-state index in [1.807, 2.05) is 0 Å². The van der Waals surface area contributed by atoms with E-state index in [-0.39, 0.29) is 5.66 Å². The van der Waals surface area contributed by atoms with Gasteiger partial charge in [-0.3, -0.25) is 0 Å². The van der Waals surface area contributed by atoms with Crippen LogP contribution >= 0.6 is 0 Å². The van der Waals surface area contributed by atoms with Gasteiger partial charge in [0.25, 0.3) is 0 Å². The zero-order valence-corrected chi connectivity index (χ0v) is 4.35. The lowest BCUT2D eigenvalue weighted by Crippen LogP contribution is -2.46. The van der Waals surface area contributed by atoms with Crippen LogP contribution in [-0.4, -0.2) is 5.66 Å². The minimum atomic E-state index is -0.361. The van der Waals surface area contributed by atoms with E-state index in [0.717, 1.165) is 19.3 Å². The Morgan fingerprint density at radius 3 is 2.29 bits per heavy atom. The summed E-state index contributed by atoms with van der Waals surface area (Å²) >= 11 is 0. The Hall–Kier alpha value is -0.0800. The van der Waals surface area contributed by atoms with Crippen LogP contribution in [0.3, 0.4) is 0 Å². The first-order valence-electron chi connectivity index (χ1n) is 2.60. The third-order valence-electron chi connectivity index (χ3n) is 1.34. The molecule has 0 heterocycles. The van der Waals surface area contributed by atoms with Gasteiger partial charge in [-0.05, 0) is 25.7 Å². The first-order chi connectivity index (χ1) is 3.21. The monoisotopic (exact) mass is 99.1 g/mol. The Balaban J connectivity index is 2.40. The van der Waals surface area contributed by atoms with Gasteiger partial charge in [0, 0.05) is 0 Å². The van der Waals surface area contributed by atoms with Crippen LogP contribution in [0, 0.1) is 6.42 Å². The van der Waals surface area contributed by atoms with Gasteiger partial charge in [-0.2, -0.15) is 0 Å². The molecule has 7 heavy (non-hydrogen) atoms. The molecule has 0 unspecified atom stereocenters. The van der Waals surface area contributed by atoms with Crippen molar-refractivity contribution in [2.75, 3.05) is 0 Å². The van der Waals surface area contributed by atoms with Gasteiger partial charge >= 0.3 is 0 Å². The molecule has 0 aromatic rings. The molecular formula is C5H11N2. The zero-order chi connectivity index (χ0) is 5.33. The molecule has 0 saturated heterocycles. The van der Waals surface area contributed by atoms with Crippen LogP contribution < -0.4 is 11.5 Å². The maximum Gasteiger partial charge on any atom is 0.0639 e. The number of hydrogen-bond donors (Lipinski definition) is 2. The fraction of sp³-hybridized carbons (Fsp3) is 0.800. The summed E-state index contributed by atoms with van der Waals surface area (Å²) in [6, 6.07) is 0. The zero-order valence-electron chi connectivity index (χ0n) is 4.35. The summed E-state index contributed by atoms with van der Waals surface area (Å²) in [4.78, 5) is 0. The van der Waals surface area contributed by atoms with E-state index in [1.165, 1.54) is 0 Å². The van der Waals surface area contributed by atoms with Gasteiger partial charge in [0.15, 0.2) is 0 Å². The lowest BCUT2D eigenvalue weighted by atomic mass is 10.2. The van der Waals surface area contributed by atoms with Crippen LogP contribution in [0.2, 0.25) is 0 Å². The molecule has 1 aliphatic carbocycles. The van der Waals surface area contributed by atoms with Gasteiger partial charge in [-0.15, -0.1) is 0 Å². The van der Waals surface area contributed by atoms with Crippen LogP contribution in [-0.2, 0) is 0 Å². The van der Waals surface area contributed by atoms with Crippen LogP contribution in [0.25, 0.3) is 0 Å². The van der Waals surface area contributed by atoms with Crippen molar-refractivity contribution < 1.29 is 0 Å². The molecule has 0 aromatic heterocycles. The second-order valence-corrected chi connectivity index (χ2v) is 2.26. The van der Waals surface area contributed by atoms with Crippen molar-refractivity contribution >= 4 is 0 Å². The highest BCUT2D eigenvalue weighted by Crippen LogP contribution is 2.20. The fourth-order valence-electron chi connectivity index (χ4n) is 0.844. The molecule has 4 N–H and O–H groups in total. The predicted octanol–water partition coefficient (Wildman–Crippen LogP) is -0.0117.